The van der Waals surface area contributed by atoms with Crippen molar-refractivity contribution in [1.82, 2.24) is 9.62 Å². The summed E-state index contributed by atoms with van der Waals surface area (Å²) in [4.78, 5) is 12.7. The summed E-state index contributed by atoms with van der Waals surface area (Å²) in [5.41, 5.74) is 5.13. The topological polar surface area (TPSA) is 92.5 Å². The molecule has 1 fully saturated rings. The molecule has 0 bridgehead atoms. The predicted octanol–water partition coefficient (Wildman–Crippen LogP) is 0.707. The molecule has 1 aliphatic heterocycles. The highest BCUT2D eigenvalue weighted by Gasteiger charge is 2.25. The Morgan fingerprint density at radius 3 is 2.59 bits per heavy atom. The van der Waals surface area contributed by atoms with Crippen molar-refractivity contribution in [2.75, 3.05) is 19.6 Å². The molecular formula is C13H17ClFN3O3S. The molecule has 0 atom stereocenters. The van der Waals surface area contributed by atoms with E-state index in [0.717, 1.165) is 12.1 Å². The molecular weight excluding hydrogens is 333 g/mol. The van der Waals surface area contributed by atoms with Gasteiger partial charge >= 0.3 is 0 Å². The Bertz CT molecular complexity index is 660. The number of nitrogens with zero attached hydrogens (tertiary/aromatic N) is 1. The van der Waals surface area contributed by atoms with E-state index in [1.165, 1.54) is 6.07 Å². The lowest BCUT2D eigenvalue weighted by atomic mass is 10.1. The number of halogens is 2. The van der Waals surface area contributed by atoms with E-state index in [2.05, 4.69) is 4.72 Å². The molecule has 1 saturated heterocycles. The largest absolute Gasteiger partial charge is 0.369 e. The van der Waals surface area contributed by atoms with Crippen LogP contribution in [0.2, 0.25) is 5.02 Å². The van der Waals surface area contributed by atoms with E-state index in [-0.39, 0.29) is 22.5 Å². The predicted molar refractivity (Wildman–Crippen MR) is 80.4 cm³/mol. The van der Waals surface area contributed by atoms with Gasteiger partial charge in [-0.05, 0) is 31.0 Å². The van der Waals surface area contributed by atoms with Gasteiger partial charge in [0.05, 0.1) is 16.5 Å². The number of sulfonamides is 1. The van der Waals surface area contributed by atoms with Crippen LogP contribution in [-0.2, 0) is 14.8 Å². The minimum absolute atomic E-state index is 0.0709. The highest BCUT2D eigenvalue weighted by Crippen LogP contribution is 2.20. The lowest BCUT2D eigenvalue weighted by molar-refractivity contribution is -0.119. The Balaban J connectivity index is 1.98. The Morgan fingerprint density at radius 2 is 2.05 bits per heavy atom. The second-order valence-corrected chi connectivity index (χ2v) is 7.34. The number of primary amides is 1. The zero-order valence-corrected chi connectivity index (χ0v) is 13.3. The molecule has 6 nitrogen and oxygen atoms in total. The summed E-state index contributed by atoms with van der Waals surface area (Å²) in [7, 11) is -3.75. The van der Waals surface area contributed by atoms with Crippen molar-refractivity contribution in [3.63, 3.8) is 0 Å². The minimum atomic E-state index is -3.75. The summed E-state index contributed by atoms with van der Waals surface area (Å²) in [6.07, 6.45) is 1.14. The third-order valence-corrected chi connectivity index (χ3v) is 5.30. The lowest BCUT2D eigenvalue weighted by Crippen LogP contribution is -2.46. The molecule has 1 aliphatic rings. The van der Waals surface area contributed by atoms with Crippen molar-refractivity contribution in [3.05, 3.63) is 29.0 Å². The zero-order chi connectivity index (χ0) is 16.3. The van der Waals surface area contributed by atoms with Crippen LogP contribution in [0.4, 0.5) is 4.39 Å². The van der Waals surface area contributed by atoms with Gasteiger partial charge in [0.15, 0.2) is 0 Å². The standard InChI is InChI=1S/C13H17ClFN3O3S/c14-11-7-10(1-2-12(11)15)22(20,21)17-9-3-5-18(6-4-9)8-13(16)19/h1-2,7,9,17H,3-6,8H2,(H2,16,19). The smallest absolute Gasteiger partial charge is 0.240 e. The average Bonchev–Trinajstić information content (AvgIpc) is 2.43. The first-order chi connectivity index (χ1) is 10.3. The SMILES string of the molecule is NC(=O)CN1CCC(NS(=O)(=O)c2ccc(F)c(Cl)c2)CC1. The number of hydrogen-bond donors (Lipinski definition) is 2. The molecule has 2 rings (SSSR count). The van der Waals surface area contributed by atoms with Gasteiger partial charge in [0.1, 0.15) is 5.82 Å². The van der Waals surface area contributed by atoms with Gasteiger partial charge in [-0.15, -0.1) is 0 Å². The van der Waals surface area contributed by atoms with Crippen molar-refractivity contribution in [2.45, 2.75) is 23.8 Å². The number of amides is 1. The third-order valence-electron chi connectivity index (χ3n) is 3.49. The second kappa shape index (κ2) is 6.91. The molecule has 1 aromatic carbocycles. The van der Waals surface area contributed by atoms with Gasteiger partial charge in [0.2, 0.25) is 15.9 Å². The molecule has 0 aromatic heterocycles. The molecule has 122 valence electrons. The van der Waals surface area contributed by atoms with Crippen LogP contribution < -0.4 is 10.5 Å². The number of nitrogens with two attached hydrogens (primary N) is 1. The Labute approximate surface area is 133 Å². The monoisotopic (exact) mass is 349 g/mol. The van der Waals surface area contributed by atoms with E-state index >= 15 is 0 Å². The molecule has 9 heteroatoms. The Morgan fingerprint density at radius 1 is 1.41 bits per heavy atom. The molecule has 0 spiro atoms. The van der Waals surface area contributed by atoms with E-state index in [9.17, 15) is 17.6 Å². The second-order valence-electron chi connectivity index (χ2n) is 5.21. The van der Waals surface area contributed by atoms with Crippen molar-refractivity contribution < 1.29 is 17.6 Å². The van der Waals surface area contributed by atoms with Gasteiger partial charge in [-0.1, -0.05) is 11.6 Å². The lowest BCUT2D eigenvalue weighted by Gasteiger charge is -2.31. The maximum Gasteiger partial charge on any atom is 0.240 e. The first-order valence-electron chi connectivity index (χ1n) is 6.76. The van der Waals surface area contributed by atoms with E-state index in [0.29, 0.717) is 25.9 Å². The van der Waals surface area contributed by atoms with Crippen molar-refractivity contribution in [3.8, 4) is 0 Å². The van der Waals surface area contributed by atoms with Gasteiger partial charge in [-0.3, -0.25) is 9.69 Å². The van der Waals surface area contributed by atoms with E-state index in [4.69, 9.17) is 17.3 Å². The first-order valence-corrected chi connectivity index (χ1v) is 8.62. The number of hydrogen-bond acceptors (Lipinski definition) is 4. The van der Waals surface area contributed by atoms with Crippen molar-refractivity contribution in [2.24, 2.45) is 5.73 Å². The van der Waals surface area contributed by atoms with Gasteiger partial charge in [-0.2, -0.15) is 0 Å². The fourth-order valence-corrected chi connectivity index (χ4v) is 3.94. The maximum absolute atomic E-state index is 13.1. The molecule has 0 unspecified atom stereocenters. The van der Waals surface area contributed by atoms with Crippen LogP contribution in [0.25, 0.3) is 0 Å². The van der Waals surface area contributed by atoms with Crippen molar-refractivity contribution >= 4 is 27.5 Å². The van der Waals surface area contributed by atoms with Crippen LogP contribution in [0.3, 0.4) is 0 Å². The molecule has 0 radical (unpaired) electrons. The number of carbonyl (C=O) groups excluding carboxylic acids is 1. The summed E-state index contributed by atoms with van der Waals surface area (Å²) in [5.74, 6) is -1.07. The number of nitrogens with one attached hydrogen (secondary N) is 1. The Hall–Kier alpha value is -1.22. The van der Waals surface area contributed by atoms with Gasteiger partial charge in [0.25, 0.3) is 0 Å². The van der Waals surface area contributed by atoms with Crippen LogP contribution in [0.1, 0.15) is 12.8 Å². The Kier molecular flexibility index (Phi) is 5.38. The van der Waals surface area contributed by atoms with Crippen LogP contribution in [0.5, 0.6) is 0 Å². The average molecular weight is 350 g/mol. The zero-order valence-electron chi connectivity index (χ0n) is 11.8. The molecule has 3 N–H and O–H groups in total. The third kappa shape index (κ3) is 4.39. The van der Waals surface area contributed by atoms with Crippen LogP contribution >= 0.6 is 11.6 Å². The van der Waals surface area contributed by atoms with Crippen LogP contribution in [0, 0.1) is 5.82 Å². The fourth-order valence-electron chi connectivity index (χ4n) is 2.36. The summed E-state index contributed by atoms with van der Waals surface area (Å²) in [6.45, 7) is 1.34. The highest BCUT2D eigenvalue weighted by atomic mass is 35.5. The van der Waals surface area contributed by atoms with Gasteiger partial charge < -0.3 is 5.73 Å². The quantitative estimate of drug-likeness (QED) is 0.818. The number of likely N-dealkylation sites (tertiary alicyclic amines) is 1. The number of piperidine rings is 1. The highest BCUT2D eigenvalue weighted by molar-refractivity contribution is 7.89. The molecule has 1 aromatic rings. The minimum Gasteiger partial charge on any atom is -0.369 e. The number of rotatable bonds is 5. The molecule has 1 heterocycles. The van der Waals surface area contributed by atoms with Gasteiger partial charge in [-0.25, -0.2) is 17.5 Å². The summed E-state index contributed by atoms with van der Waals surface area (Å²) in [6, 6.07) is 3.04. The van der Waals surface area contributed by atoms with Crippen molar-refractivity contribution in [1.29, 1.82) is 0 Å². The number of benzene rings is 1. The van der Waals surface area contributed by atoms with E-state index in [1.54, 1.807) is 0 Å². The van der Waals surface area contributed by atoms with E-state index in [1.807, 2.05) is 4.90 Å². The summed E-state index contributed by atoms with van der Waals surface area (Å²) in [5, 5.41) is -0.237. The normalized spacial score (nSPS) is 17.5. The van der Waals surface area contributed by atoms with Gasteiger partial charge in [0, 0.05) is 19.1 Å². The molecule has 22 heavy (non-hydrogen) atoms. The summed E-state index contributed by atoms with van der Waals surface area (Å²) < 4.78 is 40.2. The molecule has 0 saturated carbocycles. The van der Waals surface area contributed by atoms with Crippen LogP contribution in [0.15, 0.2) is 23.1 Å². The summed E-state index contributed by atoms with van der Waals surface area (Å²) >= 11 is 5.61. The number of carbonyl (C=O) groups is 1. The fraction of sp³-hybridized carbons (Fsp3) is 0.462. The first kappa shape index (κ1) is 17.1. The molecule has 1 amide bonds. The van der Waals surface area contributed by atoms with Crippen LogP contribution in [-0.4, -0.2) is 44.9 Å². The maximum atomic E-state index is 13.1. The van der Waals surface area contributed by atoms with E-state index < -0.39 is 21.7 Å². The molecule has 0 aliphatic carbocycles.